The van der Waals surface area contributed by atoms with Crippen molar-refractivity contribution in [2.75, 3.05) is 19.7 Å². The standard InChI is InChI=1S/C9H13N2O3/c1-7(2)9(12)14-6-3-8-10-4-5-11(8)13/h1,3-6H2,2H3/q+1. The Morgan fingerprint density at radius 3 is 2.93 bits per heavy atom. The van der Waals surface area contributed by atoms with Crippen molar-refractivity contribution in [1.82, 2.24) is 0 Å². The molecule has 1 heterocycles. The van der Waals surface area contributed by atoms with Gasteiger partial charge in [0.15, 0.2) is 13.1 Å². The molecule has 0 aliphatic carbocycles. The van der Waals surface area contributed by atoms with Gasteiger partial charge in [-0.25, -0.2) is 4.79 Å². The van der Waals surface area contributed by atoms with Gasteiger partial charge in [-0.15, -0.1) is 0 Å². The van der Waals surface area contributed by atoms with Crippen LogP contribution in [0.4, 0.5) is 0 Å². The van der Waals surface area contributed by atoms with Gasteiger partial charge in [-0.2, -0.15) is 0 Å². The highest BCUT2D eigenvalue weighted by molar-refractivity contribution is 5.87. The van der Waals surface area contributed by atoms with Crippen LogP contribution in [0.25, 0.3) is 0 Å². The monoisotopic (exact) mass is 197 g/mol. The van der Waals surface area contributed by atoms with E-state index in [-0.39, 0.29) is 6.61 Å². The number of ether oxygens (including phenoxy) is 1. The van der Waals surface area contributed by atoms with Crippen molar-refractivity contribution < 1.29 is 14.3 Å². The smallest absolute Gasteiger partial charge is 0.334 e. The van der Waals surface area contributed by atoms with Crippen molar-refractivity contribution >= 4 is 11.8 Å². The van der Waals surface area contributed by atoms with Gasteiger partial charge in [-0.3, -0.25) is 0 Å². The van der Waals surface area contributed by atoms with Crippen LogP contribution in [0.3, 0.4) is 0 Å². The zero-order valence-electron chi connectivity index (χ0n) is 8.15. The Morgan fingerprint density at radius 2 is 2.43 bits per heavy atom. The Balaban J connectivity index is 2.25. The lowest BCUT2D eigenvalue weighted by Crippen LogP contribution is -2.16. The predicted molar refractivity (Wildman–Crippen MR) is 51.2 cm³/mol. The third kappa shape index (κ3) is 2.76. The van der Waals surface area contributed by atoms with E-state index in [1.165, 1.54) is 0 Å². The van der Waals surface area contributed by atoms with Crippen LogP contribution in [0.1, 0.15) is 13.3 Å². The van der Waals surface area contributed by atoms with Crippen LogP contribution in [-0.4, -0.2) is 36.3 Å². The number of nitrogens with zero attached hydrogens (tertiary/aromatic N) is 2. The minimum absolute atomic E-state index is 0.184. The maximum Gasteiger partial charge on any atom is 0.334 e. The van der Waals surface area contributed by atoms with Gasteiger partial charge in [-0.05, 0) is 11.7 Å². The summed E-state index contributed by atoms with van der Waals surface area (Å²) in [5.74, 6) is 0.0283. The van der Waals surface area contributed by atoms with E-state index in [0.29, 0.717) is 30.9 Å². The third-order valence-electron chi connectivity index (χ3n) is 1.79. The van der Waals surface area contributed by atoms with Gasteiger partial charge in [-0.1, -0.05) is 16.5 Å². The molecule has 76 valence electrons. The first-order valence-electron chi connectivity index (χ1n) is 4.42. The summed E-state index contributed by atoms with van der Waals surface area (Å²) in [7, 11) is 0. The molecule has 0 aromatic carbocycles. The normalized spacial score (nSPS) is 15.2. The van der Waals surface area contributed by atoms with Crippen molar-refractivity contribution in [3.8, 4) is 0 Å². The van der Waals surface area contributed by atoms with Gasteiger partial charge < -0.3 is 4.74 Å². The SMILES string of the molecule is C=C(C)C(=O)OCCC1=NCC[N+]1=O. The number of esters is 1. The fraction of sp³-hybridized carbons (Fsp3) is 0.556. The summed E-state index contributed by atoms with van der Waals surface area (Å²) >= 11 is 0. The molecule has 0 spiro atoms. The Hall–Kier alpha value is -1.52. The van der Waals surface area contributed by atoms with Crippen LogP contribution in [-0.2, 0) is 9.53 Å². The number of carbonyl (C=O) groups is 1. The van der Waals surface area contributed by atoms with Gasteiger partial charge in [0.2, 0.25) is 0 Å². The number of hydrogen-bond donors (Lipinski definition) is 0. The molecule has 0 bridgehead atoms. The minimum Gasteiger partial charge on any atom is -0.462 e. The average Bonchev–Trinajstić information content (AvgIpc) is 2.51. The van der Waals surface area contributed by atoms with Gasteiger partial charge in [0.25, 0.3) is 0 Å². The molecule has 0 unspecified atom stereocenters. The maximum absolute atomic E-state index is 11.0. The molecule has 0 atom stereocenters. The molecule has 1 aliphatic rings. The largest absolute Gasteiger partial charge is 0.462 e. The lowest BCUT2D eigenvalue weighted by atomic mass is 10.3. The molecule has 5 heteroatoms. The van der Waals surface area contributed by atoms with Crippen LogP contribution in [0, 0.1) is 4.91 Å². The second kappa shape index (κ2) is 4.64. The van der Waals surface area contributed by atoms with E-state index in [2.05, 4.69) is 11.6 Å². The fourth-order valence-corrected chi connectivity index (χ4v) is 1.04. The molecule has 14 heavy (non-hydrogen) atoms. The first-order chi connectivity index (χ1) is 6.61. The molecular weight excluding hydrogens is 184 g/mol. The van der Waals surface area contributed by atoms with Crippen molar-refractivity contribution in [2.24, 2.45) is 4.99 Å². The van der Waals surface area contributed by atoms with Gasteiger partial charge in [0, 0.05) is 5.57 Å². The number of hydrogen-bond acceptors (Lipinski definition) is 4. The second-order valence-corrected chi connectivity index (χ2v) is 3.07. The Morgan fingerprint density at radius 1 is 1.71 bits per heavy atom. The highest BCUT2D eigenvalue weighted by Gasteiger charge is 2.24. The number of rotatable bonds is 4. The van der Waals surface area contributed by atoms with E-state index in [4.69, 9.17) is 4.74 Å². The van der Waals surface area contributed by atoms with E-state index in [0.717, 1.165) is 4.76 Å². The van der Waals surface area contributed by atoms with Crippen LogP contribution in [0.15, 0.2) is 17.1 Å². The first-order valence-corrected chi connectivity index (χ1v) is 4.42. The van der Waals surface area contributed by atoms with Crippen LogP contribution < -0.4 is 0 Å². The summed E-state index contributed by atoms with van der Waals surface area (Å²) in [4.78, 5) is 25.9. The molecular formula is C9H13N2O3+. The summed E-state index contributed by atoms with van der Waals surface area (Å²) in [6.07, 6.45) is 0.377. The summed E-state index contributed by atoms with van der Waals surface area (Å²) in [6.45, 7) is 6.15. The highest BCUT2D eigenvalue weighted by Crippen LogP contribution is 2.00. The third-order valence-corrected chi connectivity index (χ3v) is 1.79. The van der Waals surface area contributed by atoms with E-state index in [1.54, 1.807) is 6.92 Å². The molecule has 1 rings (SSSR count). The van der Waals surface area contributed by atoms with Gasteiger partial charge >= 0.3 is 11.8 Å². The average molecular weight is 197 g/mol. The molecule has 0 aromatic rings. The topological polar surface area (TPSA) is 58.7 Å². The maximum atomic E-state index is 11.0. The molecule has 0 N–H and O–H groups in total. The molecule has 1 aliphatic heterocycles. The van der Waals surface area contributed by atoms with Crippen molar-refractivity contribution in [2.45, 2.75) is 13.3 Å². The zero-order valence-corrected chi connectivity index (χ0v) is 8.15. The highest BCUT2D eigenvalue weighted by atomic mass is 16.5. The Kier molecular flexibility index (Phi) is 3.50. The number of aliphatic imine (C=N–C) groups is 1. The molecule has 0 saturated heterocycles. The lowest BCUT2D eigenvalue weighted by Gasteiger charge is -2.00. The summed E-state index contributed by atoms with van der Waals surface area (Å²) in [6, 6.07) is 0. The number of carbonyl (C=O) groups excluding carboxylic acids is 1. The second-order valence-electron chi connectivity index (χ2n) is 3.07. The van der Waals surface area contributed by atoms with E-state index >= 15 is 0 Å². The van der Waals surface area contributed by atoms with Gasteiger partial charge in [0.1, 0.15) is 6.61 Å². The summed E-state index contributed by atoms with van der Waals surface area (Å²) in [5, 5.41) is 0. The molecule has 0 fully saturated rings. The molecule has 0 saturated carbocycles. The Bertz CT molecular complexity index is 307. The van der Waals surface area contributed by atoms with E-state index < -0.39 is 5.97 Å². The summed E-state index contributed by atoms with van der Waals surface area (Å²) < 4.78 is 5.66. The molecule has 0 radical (unpaired) electrons. The predicted octanol–water partition coefficient (Wildman–Crippen LogP) is 0.687. The van der Waals surface area contributed by atoms with Crippen molar-refractivity contribution in [3.05, 3.63) is 17.1 Å². The Labute approximate surface area is 82.0 Å². The summed E-state index contributed by atoms with van der Waals surface area (Å²) in [5.41, 5.74) is 0.359. The molecule has 5 nitrogen and oxygen atoms in total. The number of nitroso groups, excluding NO2 is 1. The van der Waals surface area contributed by atoms with Crippen LogP contribution >= 0.6 is 0 Å². The van der Waals surface area contributed by atoms with Crippen molar-refractivity contribution in [1.29, 1.82) is 0 Å². The minimum atomic E-state index is -0.430. The van der Waals surface area contributed by atoms with E-state index in [1.807, 2.05) is 0 Å². The molecule has 0 aromatic heterocycles. The first kappa shape index (κ1) is 10.6. The quantitative estimate of drug-likeness (QED) is 0.378. The van der Waals surface area contributed by atoms with Crippen molar-refractivity contribution in [3.63, 3.8) is 0 Å². The zero-order chi connectivity index (χ0) is 10.6. The van der Waals surface area contributed by atoms with Crippen LogP contribution in [0.2, 0.25) is 0 Å². The van der Waals surface area contributed by atoms with Gasteiger partial charge in [0.05, 0.1) is 6.42 Å². The lowest BCUT2D eigenvalue weighted by molar-refractivity contribution is -0.420. The fourth-order valence-electron chi connectivity index (χ4n) is 1.04. The van der Waals surface area contributed by atoms with Crippen LogP contribution in [0.5, 0.6) is 0 Å². The number of amidine groups is 1. The molecule has 0 amide bonds. The van der Waals surface area contributed by atoms with E-state index in [9.17, 15) is 9.70 Å².